The topological polar surface area (TPSA) is 41.6 Å². The first-order chi connectivity index (χ1) is 8.58. The van der Waals surface area contributed by atoms with E-state index in [1.54, 1.807) is 0 Å². The van der Waals surface area contributed by atoms with Crippen LogP contribution in [-0.4, -0.2) is 43.3 Å². The Morgan fingerprint density at radius 2 is 2.06 bits per heavy atom. The van der Waals surface area contributed by atoms with Gasteiger partial charge in [0.1, 0.15) is 0 Å². The molecule has 2 aliphatic rings. The smallest absolute Gasteiger partial charge is 0.407 e. The molecule has 1 heterocycles. The summed E-state index contributed by atoms with van der Waals surface area (Å²) in [5, 5.41) is 2.97. The molecule has 0 bridgehead atoms. The van der Waals surface area contributed by atoms with Crippen LogP contribution < -0.4 is 5.32 Å². The van der Waals surface area contributed by atoms with Crippen molar-refractivity contribution >= 4 is 6.09 Å². The van der Waals surface area contributed by atoms with E-state index in [1.165, 1.54) is 32.9 Å². The molecule has 2 unspecified atom stereocenters. The molecule has 0 spiro atoms. The number of nitrogens with one attached hydrogen (secondary N) is 1. The minimum Gasteiger partial charge on any atom is -0.453 e. The van der Waals surface area contributed by atoms with Crippen LogP contribution >= 0.6 is 0 Å². The number of alkyl carbamates (subject to hydrolysis) is 1. The van der Waals surface area contributed by atoms with Crippen molar-refractivity contribution in [1.82, 2.24) is 10.2 Å². The van der Waals surface area contributed by atoms with Crippen LogP contribution in [0.1, 0.15) is 39.5 Å². The molecule has 1 aliphatic heterocycles. The maximum atomic E-state index is 11.3. The van der Waals surface area contributed by atoms with Crippen LogP contribution in [0.4, 0.5) is 4.79 Å². The Balaban J connectivity index is 1.89. The lowest BCUT2D eigenvalue weighted by Gasteiger charge is -2.40. The molecule has 0 aromatic carbocycles. The molecule has 2 rings (SSSR count). The number of methoxy groups -OCH3 is 1. The van der Waals surface area contributed by atoms with Crippen molar-refractivity contribution in [2.45, 2.75) is 51.6 Å². The molecular weight excluding hydrogens is 228 g/mol. The van der Waals surface area contributed by atoms with E-state index in [9.17, 15) is 4.79 Å². The zero-order chi connectivity index (χ0) is 13.1. The van der Waals surface area contributed by atoms with Crippen molar-refractivity contribution < 1.29 is 9.53 Å². The van der Waals surface area contributed by atoms with Crippen LogP contribution in [-0.2, 0) is 4.74 Å². The van der Waals surface area contributed by atoms with Crippen molar-refractivity contribution in [3.63, 3.8) is 0 Å². The van der Waals surface area contributed by atoms with E-state index in [2.05, 4.69) is 24.1 Å². The van der Waals surface area contributed by atoms with E-state index in [1.807, 2.05) is 0 Å². The molecule has 1 amide bonds. The fraction of sp³-hybridized carbons (Fsp3) is 0.929. The Bertz CT molecular complexity index is 290. The number of rotatable bonds is 4. The van der Waals surface area contributed by atoms with Gasteiger partial charge >= 0.3 is 6.09 Å². The number of hydrogen-bond donors (Lipinski definition) is 1. The molecule has 4 heteroatoms. The molecule has 104 valence electrons. The number of carbonyl (C=O) groups excluding carboxylic acids is 1. The third kappa shape index (κ3) is 3.87. The van der Waals surface area contributed by atoms with E-state index in [-0.39, 0.29) is 12.1 Å². The second-order valence-electron chi connectivity index (χ2n) is 6.16. The lowest BCUT2D eigenvalue weighted by Crippen LogP contribution is -2.52. The highest BCUT2D eigenvalue weighted by atomic mass is 16.5. The van der Waals surface area contributed by atoms with Crippen LogP contribution in [0.5, 0.6) is 0 Å². The largest absolute Gasteiger partial charge is 0.453 e. The van der Waals surface area contributed by atoms with Gasteiger partial charge in [-0.15, -0.1) is 0 Å². The number of carbonyl (C=O) groups is 1. The molecule has 0 aromatic heterocycles. The monoisotopic (exact) mass is 254 g/mol. The Hall–Kier alpha value is -0.770. The lowest BCUT2D eigenvalue weighted by atomic mass is 9.89. The van der Waals surface area contributed by atoms with Gasteiger partial charge in [0.25, 0.3) is 0 Å². The van der Waals surface area contributed by atoms with Crippen molar-refractivity contribution in [2.75, 3.05) is 20.2 Å². The molecule has 18 heavy (non-hydrogen) atoms. The zero-order valence-electron chi connectivity index (χ0n) is 11.8. The summed E-state index contributed by atoms with van der Waals surface area (Å²) in [6, 6.07) is 0.797. The van der Waals surface area contributed by atoms with Crippen molar-refractivity contribution in [1.29, 1.82) is 0 Å². The Labute approximate surface area is 110 Å². The van der Waals surface area contributed by atoms with Crippen LogP contribution in [0, 0.1) is 11.8 Å². The van der Waals surface area contributed by atoms with E-state index < -0.39 is 0 Å². The minimum atomic E-state index is -0.296. The Kier molecular flexibility index (Phi) is 4.49. The standard InChI is InChI=1S/C14H26N2O2/c1-10(2)16-8-12(6-11-4-5-11)7-13(9-16)15-14(17)18-3/h10-13H,4-9H2,1-3H3,(H,15,17). The summed E-state index contributed by atoms with van der Waals surface area (Å²) in [6.07, 6.45) is 4.97. The van der Waals surface area contributed by atoms with Gasteiger partial charge in [-0.05, 0) is 38.5 Å². The fourth-order valence-electron chi connectivity index (χ4n) is 2.99. The highest BCUT2D eigenvalue weighted by molar-refractivity contribution is 5.67. The van der Waals surface area contributed by atoms with E-state index in [0.717, 1.165) is 24.8 Å². The minimum absolute atomic E-state index is 0.248. The van der Waals surface area contributed by atoms with Gasteiger partial charge in [0.05, 0.1) is 7.11 Å². The lowest BCUT2D eigenvalue weighted by molar-refractivity contribution is 0.0983. The van der Waals surface area contributed by atoms with Crippen LogP contribution in [0.15, 0.2) is 0 Å². The molecule has 1 N–H and O–H groups in total. The number of likely N-dealkylation sites (tertiary alicyclic amines) is 1. The van der Waals surface area contributed by atoms with Gasteiger partial charge in [-0.25, -0.2) is 4.79 Å². The maximum Gasteiger partial charge on any atom is 0.407 e. The van der Waals surface area contributed by atoms with Gasteiger partial charge in [-0.2, -0.15) is 0 Å². The Morgan fingerprint density at radius 3 is 2.61 bits per heavy atom. The summed E-state index contributed by atoms with van der Waals surface area (Å²) in [4.78, 5) is 13.8. The predicted octanol–water partition coefficient (Wildman–Crippen LogP) is 2.24. The van der Waals surface area contributed by atoms with Crippen LogP contribution in [0.3, 0.4) is 0 Å². The summed E-state index contributed by atoms with van der Waals surface area (Å²) in [5.41, 5.74) is 0. The quantitative estimate of drug-likeness (QED) is 0.836. The molecule has 1 saturated heterocycles. The number of nitrogens with zero attached hydrogens (tertiary/aromatic N) is 1. The van der Waals surface area contributed by atoms with Gasteiger partial charge in [0.15, 0.2) is 0 Å². The highest BCUT2D eigenvalue weighted by Crippen LogP contribution is 2.38. The van der Waals surface area contributed by atoms with Crippen molar-refractivity contribution in [3.05, 3.63) is 0 Å². The van der Waals surface area contributed by atoms with E-state index in [0.29, 0.717) is 6.04 Å². The van der Waals surface area contributed by atoms with Gasteiger partial charge in [0, 0.05) is 25.2 Å². The first kappa shape index (κ1) is 13.7. The summed E-state index contributed by atoms with van der Waals surface area (Å²) in [5.74, 6) is 1.69. The highest BCUT2D eigenvalue weighted by Gasteiger charge is 2.33. The fourth-order valence-corrected chi connectivity index (χ4v) is 2.99. The number of hydrogen-bond acceptors (Lipinski definition) is 3. The normalized spacial score (nSPS) is 29.3. The summed E-state index contributed by atoms with van der Waals surface area (Å²) in [7, 11) is 1.43. The molecule has 0 aromatic rings. The molecular formula is C14H26N2O2. The predicted molar refractivity (Wildman–Crippen MR) is 71.5 cm³/mol. The van der Waals surface area contributed by atoms with Crippen LogP contribution in [0.25, 0.3) is 0 Å². The van der Waals surface area contributed by atoms with Gasteiger partial charge < -0.3 is 10.1 Å². The molecule has 4 nitrogen and oxygen atoms in total. The number of amides is 1. The van der Waals surface area contributed by atoms with Crippen LogP contribution in [0.2, 0.25) is 0 Å². The van der Waals surface area contributed by atoms with Gasteiger partial charge in [-0.3, -0.25) is 4.90 Å². The van der Waals surface area contributed by atoms with Crippen molar-refractivity contribution in [2.24, 2.45) is 11.8 Å². The van der Waals surface area contributed by atoms with Gasteiger partial charge in [0.2, 0.25) is 0 Å². The SMILES string of the molecule is COC(=O)NC1CC(CC2CC2)CN(C(C)C)C1. The third-order valence-electron chi connectivity index (χ3n) is 4.17. The first-order valence-electron chi connectivity index (χ1n) is 7.17. The second-order valence-corrected chi connectivity index (χ2v) is 6.16. The van der Waals surface area contributed by atoms with E-state index in [4.69, 9.17) is 4.74 Å². The molecule has 1 saturated carbocycles. The van der Waals surface area contributed by atoms with Gasteiger partial charge in [-0.1, -0.05) is 12.8 Å². The summed E-state index contributed by atoms with van der Waals surface area (Å²) < 4.78 is 4.71. The maximum absolute atomic E-state index is 11.3. The summed E-state index contributed by atoms with van der Waals surface area (Å²) in [6.45, 7) is 6.60. The molecule has 2 atom stereocenters. The zero-order valence-corrected chi connectivity index (χ0v) is 11.8. The third-order valence-corrected chi connectivity index (χ3v) is 4.17. The van der Waals surface area contributed by atoms with E-state index >= 15 is 0 Å². The Morgan fingerprint density at radius 1 is 1.33 bits per heavy atom. The molecule has 2 fully saturated rings. The first-order valence-corrected chi connectivity index (χ1v) is 7.17. The average molecular weight is 254 g/mol. The number of ether oxygens (including phenoxy) is 1. The second kappa shape index (κ2) is 5.91. The molecule has 1 aliphatic carbocycles. The molecule has 0 radical (unpaired) electrons. The number of piperidine rings is 1. The average Bonchev–Trinajstić information content (AvgIpc) is 3.12. The summed E-state index contributed by atoms with van der Waals surface area (Å²) >= 11 is 0. The van der Waals surface area contributed by atoms with Crippen molar-refractivity contribution in [3.8, 4) is 0 Å².